The van der Waals surface area contributed by atoms with Gasteiger partial charge in [0.05, 0.1) is 33.7 Å². The molecule has 0 bridgehead atoms. The van der Waals surface area contributed by atoms with Crippen LogP contribution in [0, 0.1) is 0 Å². The molecule has 2 saturated heterocycles. The molecule has 2 fully saturated rings. The van der Waals surface area contributed by atoms with Crippen molar-refractivity contribution in [2.45, 2.75) is 12.5 Å². The minimum Gasteiger partial charge on any atom is -0.304 e. The van der Waals surface area contributed by atoms with E-state index >= 15 is 0 Å². The van der Waals surface area contributed by atoms with Crippen LogP contribution in [0.25, 0.3) is 5.57 Å². The number of rotatable bonds is 3. The molecule has 0 spiro atoms. The molecule has 4 rings (SSSR count). The van der Waals surface area contributed by atoms with Gasteiger partial charge in [-0.1, -0.05) is 46.0 Å². The molecular weight excluding hydrogens is 484 g/mol. The van der Waals surface area contributed by atoms with Crippen LogP contribution in [0.2, 0.25) is 0 Å². The van der Waals surface area contributed by atoms with Crippen LogP contribution in [0.15, 0.2) is 40.2 Å². The van der Waals surface area contributed by atoms with Crippen LogP contribution < -0.4 is 4.90 Å². The van der Waals surface area contributed by atoms with Gasteiger partial charge in [-0.3, -0.25) is 14.5 Å². The predicted octanol–water partition coefficient (Wildman–Crippen LogP) is 2.74. The smallest absolute Gasteiger partial charge is 0.267 e. The molecule has 28 heavy (non-hydrogen) atoms. The highest BCUT2D eigenvalue weighted by molar-refractivity contribution is 9.10. The van der Waals surface area contributed by atoms with E-state index in [0.717, 1.165) is 16.2 Å². The predicted molar refractivity (Wildman–Crippen MR) is 118 cm³/mol. The summed E-state index contributed by atoms with van der Waals surface area (Å²) in [6.07, 6.45) is 1.98. The Hall–Kier alpha value is -1.49. The third-order valence-electron chi connectivity index (χ3n) is 4.89. The number of sulfone groups is 1. The van der Waals surface area contributed by atoms with Gasteiger partial charge in [-0.05, 0) is 24.6 Å². The van der Waals surface area contributed by atoms with Crippen LogP contribution >= 0.6 is 39.9 Å². The van der Waals surface area contributed by atoms with Gasteiger partial charge in [0.25, 0.3) is 11.8 Å². The Morgan fingerprint density at radius 3 is 2.71 bits per heavy atom. The number of thiocarbonyl (C=S) groups is 1. The van der Waals surface area contributed by atoms with Crippen molar-refractivity contribution < 1.29 is 18.0 Å². The van der Waals surface area contributed by atoms with Gasteiger partial charge in [-0.25, -0.2) is 8.42 Å². The van der Waals surface area contributed by atoms with Crippen molar-refractivity contribution >= 4 is 77.1 Å². The van der Waals surface area contributed by atoms with E-state index in [4.69, 9.17) is 12.2 Å². The van der Waals surface area contributed by atoms with E-state index in [1.54, 1.807) is 17.0 Å². The highest BCUT2D eigenvalue weighted by atomic mass is 79.9. The first-order chi connectivity index (χ1) is 13.2. The molecular formula is C18H15BrN2O4S3. The van der Waals surface area contributed by atoms with Crippen LogP contribution in [-0.2, 0) is 19.4 Å². The fourth-order valence-corrected chi connectivity index (χ4v) is 7.19. The lowest BCUT2D eigenvalue weighted by Crippen LogP contribution is -2.39. The van der Waals surface area contributed by atoms with Gasteiger partial charge in [0.1, 0.15) is 4.32 Å². The third-order valence-corrected chi connectivity index (χ3v) is 8.53. The van der Waals surface area contributed by atoms with Gasteiger partial charge in [0, 0.05) is 16.6 Å². The number of anilines is 1. The lowest BCUT2D eigenvalue weighted by Gasteiger charge is -2.21. The summed E-state index contributed by atoms with van der Waals surface area (Å²) in [6.45, 7) is 4.02. The average molecular weight is 499 g/mol. The number of amides is 2. The quantitative estimate of drug-likeness (QED) is 0.362. The fourth-order valence-electron chi connectivity index (χ4n) is 3.66. The summed E-state index contributed by atoms with van der Waals surface area (Å²) in [5.41, 5.74) is 1.66. The topological polar surface area (TPSA) is 74.8 Å². The maximum Gasteiger partial charge on any atom is 0.267 e. The Kier molecular flexibility index (Phi) is 5.01. The van der Waals surface area contributed by atoms with Crippen LogP contribution in [0.5, 0.6) is 0 Å². The molecule has 1 atom stereocenters. The van der Waals surface area contributed by atoms with Crippen molar-refractivity contribution in [2.75, 3.05) is 23.0 Å². The number of halogens is 1. The van der Waals surface area contributed by atoms with E-state index in [0.29, 0.717) is 34.1 Å². The zero-order valence-electron chi connectivity index (χ0n) is 14.6. The highest BCUT2D eigenvalue weighted by Gasteiger charge is 2.46. The van der Waals surface area contributed by atoms with E-state index in [-0.39, 0.29) is 22.3 Å². The zero-order chi connectivity index (χ0) is 20.2. The first-order valence-electron chi connectivity index (χ1n) is 8.46. The molecule has 1 aromatic carbocycles. The average Bonchev–Trinajstić information content (AvgIpc) is 3.20. The number of fused-ring (bicyclic) bond motifs is 1. The molecule has 6 nitrogen and oxygen atoms in total. The van der Waals surface area contributed by atoms with Gasteiger partial charge >= 0.3 is 0 Å². The van der Waals surface area contributed by atoms with Crippen LogP contribution in [-0.4, -0.2) is 53.5 Å². The van der Waals surface area contributed by atoms with Crippen LogP contribution in [0.1, 0.15) is 12.0 Å². The molecule has 2 amide bonds. The number of hydrogen-bond donors (Lipinski definition) is 0. The molecule has 1 aromatic rings. The molecule has 0 aromatic heterocycles. The van der Waals surface area contributed by atoms with Crippen LogP contribution in [0.4, 0.5) is 5.69 Å². The van der Waals surface area contributed by atoms with E-state index in [1.807, 2.05) is 12.1 Å². The lowest BCUT2D eigenvalue weighted by atomic mass is 10.1. The number of benzene rings is 1. The second kappa shape index (κ2) is 7.08. The number of carbonyl (C=O) groups excluding carboxylic acids is 2. The monoisotopic (exact) mass is 498 g/mol. The van der Waals surface area contributed by atoms with Crippen molar-refractivity contribution in [1.82, 2.24) is 4.90 Å². The van der Waals surface area contributed by atoms with E-state index in [9.17, 15) is 18.0 Å². The maximum atomic E-state index is 13.2. The summed E-state index contributed by atoms with van der Waals surface area (Å²) < 4.78 is 24.8. The first kappa shape index (κ1) is 19.8. The molecule has 0 aliphatic carbocycles. The third kappa shape index (κ3) is 3.16. The molecule has 3 aliphatic heterocycles. The Morgan fingerprint density at radius 2 is 2.07 bits per heavy atom. The van der Waals surface area contributed by atoms with Gasteiger partial charge in [-0.2, -0.15) is 0 Å². The first-order valence-corrected chi connectivity index (χ1v) is 12.3. The molecule has 10 heteroatoms. The second-order valence-corrected chi connectivity index (χ2v) is 11.5. The molecule has 0 radical (unpaired) electrons. The van der Waals surface area contributed by atoms with E-state index in [2.05, 4.69) is 22.5 Å². The summed E-state index contributed by atoms with van der Waals surface area (Å²) in [5, 5.41) is 0. The van der Waals surface area contributed by atoms with E-state index < -0.39 is 21.8 Å². The molecule has 0 N–H and O–H groups in total. The normalized spacial score (nSPS) is 26.3. The number of hydrogen-bond acceptors (Lipinski definition) is 6. The summed E-state index contributed by atoms with van der Waals surface area (Å²) in [5.74, 6) is -0.734. The molecule has 3 heterocycles. The van der Waals surface area contributed by atoms with Crippen molar-refractivity contribution in [3.05, 3.63) is 45.8 Å². The summed E-state index contributed by atoms with van der Waals surface area (Å²) in [4.78, 5) is 29.5. The van der Waals surface area contributed by atoms with Crippen molar-refractivity contribution in [1.29, 1.82) is 0 Å². The summed E-state index contributed by atoms with van der Waals surface area (Å²) in [7, 11) is -3.17. The van der Waals surface area contributed by atoms with Gasteiger partial charge in [0.15, 0.2) is 9.84 Å². The maximum absolute atomic E-state index is 13.2. The second-order valence-electron chi connectivity index (χ2n) is 6.67. The Morgan fingerprint density at radius 1 is 1.32 bits per heavy atom. The molecule has 146 valence electrons. The minimum absolute atomic E-state index is 0.0441. The molecule has 3 aliphatic rings. The van der Waals surface area contributed by atoms with Gasteiger partial charge in [0.2, 0.25) is 0 Å². The number of carbonyl (C=O) groups is 2. The van der Waals surface area contributed by atoms with Crippen LogP contribution in [0.3, 0.4) is 0 Å². The lowest BCUT2D eigenvalue weighted by molar-refractivity contribution is -0.123. The Balaban J connectivity index is 1.80. The zero-order valence-corrected chi connectivity index (χ0v) is 18.6. The summed E-state index contributed by atoms with van der Waals surface area (Å²) >= 11 is 9.86. The number of nitrogens with zero attached hydrogens (tertiary/aromatic N) is 2. The van der Waals surface area contributed by atoms with Gasteiger partial charge in [-0.15, -0.1) is 6.58 Å². The molecule has 0 saturated carbocycles. The highest BCUT2D eigenvalue weighted by Crippen LogP contribution is 2.46. The Bertz CT molecular complexity index is 1080. The van der Waals surface area contributed by atoms with E-state index in [1.165, 1.54) is 4.90 Å². The van der Waals surface area contributed by atoms with Crippen molar-refractivity contribution in [3.8, 4) is 0 Å². The Labute approximate surface area is 180 Å². The largest absolute Gasteiger partial charge is 0.304 e. The fraction of sp³-hybridized carbons (Fsp3) is 0.278. The SMILES string of the molecule is C=CCN1C(=O)/C(=C2\SC(=S)N([C@@H]3CCS(=O)(=O)C3)C2=O)c2cc(Br)ccc21. The van der Waals surface area contributed by atoms with Gasteiger partial charge < -0.3 is 4.90 Å². The van der Waals surface area contributed by atoms with Crippen molar-refractivity contribution in [3.63, 3.8) is 0 Å². The standard InChI is InChI=1S/C18H15BrN2O4S3/c1-2-6-20-13-4-3-10(19)8-12(13)14(16(20)22)15-17(23)21(18(26)27-15)11-5-7-28(24,25)9-11/h2-4,8,11H,1,5-7,9H2/b15-14-/t11-/m1/s1. The summed E-state index contributed by atoms with van der Waals surface area (Å²) in [6, 6.07) is 4.98. The van der Waals surface area contributed by atoms with Crippen molar-refractivity contribution in [2.24, 2.45) is 0 Å². The molecule has 0 unspecified atom stereocenters. The minimum atomic E-state index is -3.17. The number of thioether (sulfide) groups is 1.